The zero-order valence-corrected chi connectivity index (χ0v) is 18.1. The minimum Gasteiger partial charge on any atom is -0.356 e. The normalized spacial score (nSPS) is 14.0. The smallest absolute Gasteiger partial charge is 0.224 e. The number of nitrogens with one attached hydrogen (secondary N) is 2. The molecule has 160 valence electrons. The summed E-state index contributed by atoms with van der Waals surface area (Å²) < 4.78 is 0. The molecule has 0 radical (unpaired) electrons. The lowest BCUT2D eigenvalue weighted by Gasteiger charge is -2.14. The van der Waals surface area contributed by atoms with Crippen molar-refractivity contribution in [3.05, 3.63) is 66.2 Å². The summed E-state index contributed by atoms with van der Waals surface area (Å²) in [5, 5.41) is 8.24. The van der Waals surface area contributed by atoms with Crippen molar-refractivity contribution in [3.8, 4) is 11.1 Å². The maximum absolute atomic E-state index is 12.5. The standard InChI is InChI=1S/C27H30N2O2/c1-19(30)28-14-13-23-17-24(21-9-3-2-4-10-21)16-22-11-12-25(18-26(22)23)29-27(31)15-20-7-5-6-8-20/h2-4,9-12,16-18,20H,5-8,13-15H2,1H3,(H,28,30)(H,29,31). The number of fused-ring (bicyclic) bond motifs is 1. The number of carbonyl (C=O) groups is 2. The lowest BCUT2D eigenvalue weighted by molar-refractivity contribution is -0.119. The van der Waals surface area contributed by atoms with Gasteiger partial charge < -0.3 is 10.6 Å². The molecule has 31 heavy (non-hydrogen) atoms. The monoisotopic (exact) mass is 414 g/mol. The van der Waals surface area contributed by atoms with Crippen molar-refractivity contribution in [1.82, 2.24) is 5.32 Å². The van der Waals surface area contributed by atoms with E-state index in [1.54, 1.807) is 0 Å². The number of carbonyl (C=O) groups excluding carboxylic acids is 2. The summed E-state index contributed by atoms with van der Waals surface area (Å²) in [5.74, 6) is 0.609. The van der Waals surface area contributed by atoms with Gasteiger partial charge in [0.15, 0.2) is 0 Å². The van der Waals surface area contributed by atoms with Crippen LogP contribution in [-0.2, 0) is 16.0 Å². The van der Waals surface area contributed by atoms with Crippen LogP contribution in [-0.4, -0.2) is 18.4 Å². The third-order valence-corrected chi connectivity index (χ3v) is 6.15. The van der Waals surface area contributed by atoms with Crippen molar-refractivity contribution in [1.29, 1.82) is 0 Å². The third kappa shape index (κ3) is 5.52. The second-order valence-electron chi connectivity index (χ2n) is 8.57. The summed E-state index contributed by atoms with van der Waals surface area (Å²) >= 11 is 0. The fourth-order valence-electron chi connectivity index (χ4n) is 4.58. The zero-order chi connectivity index (χ0) is 21.6. The van der Waals surface area contributed by atoms with Gasteiger partial charge in [-0.15, -0.1) is 0 Å². The molecular formula is C27H30N2O2. The van der Waals surface area contributed by atoms with Crippen molar-refractivity contribution < 1.29 is 9.59 Å². The molecule has 3 aromatic carbocycles. The van der Waals surface area contributed by atoms with E-state index in [1.165, 1.54) is 38.2 Å². The van der Waals surface area contributed by atoms with Crippen LogP contribution < -0.4 is 10.6 Å². The van der Waals surface area contributed by atoms with E-state index in [0.29, 0.717) is 18.9 Å². The molecule has 0 aromatic heterocycles. The molecule has 2 N–H and O–H groups in total. The van der Waals surface area contributed by atoms with E-state index in [-0.39, 0.29) is 11.8 Å². The van der Waals surface area contributed by atoms with E-state index in [9.17, 15) is 9.59 Å². The topological polar surface area (TPSA) is 58.2 Å². The molecule has 4 rings (SSSR count). The summed E-state index contributed by atoms with van der Waals surface area (Å²) in [5.41, 5.74) is 4.32. The van der Waals surface area contributed by atoms with Gasteiger partial charge in [0.25, 0.3) is 0 Å². The molecule has 2 amide bonds. The minimum atomic E-state index is -0.0246. The fraction of sp³-hybridized carbons (Fsp3) is 0.333. The first-order valence-corrected chi connectivity index (χ1v) is 11.2. The van der Waals surface area contributed by atoms with E-state index >= 15 is 0 Å². The van der Waals surface area contributed by atoms with E-state index in [0.717, 1.165) is 34.0 Å². The molecule has 0 unspecified atom stereocenters. The maximum atomic E-state index is 12.5. The summed E-state index contributed by atoms with van der Waals surface area (Å²) in [4.78, 5) is 23.9. The largest absolute Gasteiger partial charge is 0.356 e. The van der Waals surface area contributed by atoms with Gasteiger partial charge in [0.1, 0.15) is 0 Å². The van der Waals surface area contributed by atoms with Gasteiger partial charge in [0.2, 0.25) is 11.8 Å². The third-order valence-electron chi connectivity index (χ3n) is 6.15. The van der Waals surface area contributed by atoms with E-state index in [2.05, 4.69) is 47.0 Å². The van der Waals surface area contributed by atoms with Crippen LogP contribution in [0, 0.1) is 5.92 Å². The van der Waals surface area contributed by atoms with Crippen molar-refractivity contribution in [2.24, 2.45) is 5.92 Å². The van der Waals surface area contributed by atoms with Crippen LogP contribution in [0.2, 0.25) is 0 Å². The molecule has 0 aliphatic heterocycles. The van der Waals surface area contributed by atoms with Crippen LogP contribution in [0.1, 0.15) is 44.6 Å². The number of benzene rings is 3. The molecule has 0 bridgehead atoms. The lowest BCUT2D eigenvalue weighted by atomic mass is 9.95. The quantitative estimate of drug-likeness (QED) is 0.521. The van der Waals surface area contributed by atoms with Crippen molar-refractivity contribution in [2.45, 2.75) is 45.4 Å². The van der Waals surface area contributed by atoms with Gasteiger partial charge >= 0.3 is 0 Å². The molecule has 0 atom stereocenters. The van der Waals surface area contributed by atoms with Gasteiger partial charge in [-0.05, 0) is 70.8 Å². The van der Waals surface area contributed by atoms with E-state index in [4.69, 9.17) is 0 Å². The number of hydrogen-bond donors (Lipinski definition) is 2. The first-order valence-electron chi connectivity index (χ1n) is 11.2. The van der Waals surface area contributed by atoms with Crippen LogP contribution in [0.3, 0.4) is 0 Å². The Hall–Kier alpha value is -3.14. The number of anilines is 1. The summed E-state index contributed by atoms with van der Waals surface area (Å²) in [6.07, 6.45) is 6.17. The molecule has 0 saturated heterocycles. The average molecular weight is 415 g/mol. The highest BCUT2D eigenvalue weighted by atomic mass is 16.2. The number of hydrogen-bond acceptors (Lipinski definition) is 2. The molecule has 1 aliphatic carbocycles. The predicted molar refractivity (Wildman–Crippen MR) is 127 cm³/mol. The van der Waals surface area contributed by atoms with Crippen LogP contribution in [0.5, 0.6) is 0 Å². The Bertz CT molecular complexity index is 1070. The Morgan fingerprint density at radius 2 is 1.71 bits per heavy atom. The molecule has 0 heterocycles. The van der Waals surface area contributed by atoms with Gasteiger partial charge in [0.05, 0.1) is 0 Å². The van der Waals surface area contributed by atoms with Gasteiger partial charge in [0, 0.05) is 25.6 Å². The molecular weight excluding hydrogens is 384 g/mol. The first kappa shape index (κ1) is 21.1. The predicted octanol–water partition coefficient (Wildman–Crippen LogP) is 5.70. The Morgan fingerprint density at radius 1 is 0.935 bits per heavy atom. The van der Waals surface area contributed by atoms with E-state index in [1.807, 2.05) is 24.3 Å². The first-order chi connectivity index (χ1) is 15.1. The summed E-state index contributed by atoms with van der Waals surface area (Å²) in [7, 11) is 0. The number of rotatable bonds is 7. The minimum absolute atomic E-state index is 0.0246. The lowest BCUT2D eigenvalue weighted by Crippen LogP contribution is -2.22. The highest BCUT2D eigenvalue weighted by molar-refractivity contribution is 5.97. The van der Waals surface area contributed by atoms with Crippen LogP contribution in [0.25, 0.3) is 21.9 Å². The molecule has 3 aromatic rings. The Balaban J connectivity index is 1.62. The molecule has 1 aliphatic rings. The maximum Gasteiger partial charge on any atom is 0.224 e. The molecule has 1 fully saturated rings. The van der Waals surface area contributed by atoms with Gasteiger partial charge in [-0.2, -0.15) is 0 Å². The van der Waals surface area contributed by atoms with E-state index < -0.39 is 0 Å². The second kappa shape index (κ2) is 9.78. The van der Waals surface area contributed by atoms with Crippen LogP contribution >= 0.6 is 0 Å². The average Bonchev–Trinajstić information content (AvgIpc) is 3.27. The summed E-state index contributed by atoms with van der Waals surface area (Å²) in [6.45, 7) is 2.12. The zero-order valence-electron chi connectivity index (χ0n) is 18.1. The molecule has 4 heteroatoms. The molecule has 1 saturated carbocycles. The Morgan fingerprint density at radius 3 is 2.45 bits per heavy atom. The van der Waals surface area contributed by atoms with Gasteiger partial charge in [-0.3, -0.25) is 9.59 Å². The highest BCUT2D eigenvalue weighted by Crippen LogP contribution is 2.31. The molecule has 4 nitrogen and oxygen atoms in total. The van der Waals surface area contributed by atoms with Crippen molar-refractivity contribution in [3.63, 3.8) is 0 Å². The Kier molecular flexibility index (Phi) is 6.66. The van der Waals surface area contributed by atoms with Gasteiger partial charge in [-0.1, -0.05) is 55.3 Å². The summed E-state index contributed by atoms with van der Waals surface area (Å²) in [6, 6.07) is 20.8. The van der Waals surface area contributed by atoms with Crippen molar-refractivity contribution in [2.75, 3.05) is 11.9 Å². The van der Waals surface area contributed by atoms with Crippen LogP contribution in [0.4, 0.5) is 5.69 Å². The molecule has 0 spiro atoms. The Labute approximate surface area is 184 Å². The SMILES string of the molecule is CC(=O)NCCc1cc(-c2ccccc2)cc2ccc(NC(=O)CC3CCCC3)cc12. The van der Waals surface area contributed by atoms with Gasteiger partial charge in [-0.25, -0.2) is 0 Å². The van der Waals surface area contributed by atoms with Crippen molar-refractivity contribution >= 4 is 28.3 Å². The fourth-order valence-corrected chi connectivity index (χ4v) is 4.58. The second-order valence-corrected chi connectivity index (χ2v) is 8.57. The number of amides is 2. The highest BCUT2D eigenvalue weighted by Gasteiger charge is 2.18. The van der Waals surface area contributed by atoms with Crippen LogP contribution in [0.15, 0.2) is 60.7 Å².